The number of benzene rings is 2. The van der Waals surface area contributed by atoms with Gasteiger partial charge in [-0.3, -0.25) is 4.79 Å². The summed E-state index contributed by atoms with van der Waals surface area (Å²) in [5.74, 6) is -2.57. The van der Waals surface area contributed by atoms with Crippen LogP contribution in [0.25, 0.3) is 0 Å². The summed E-state index contributed by atoms with van der Waals surface area (Å²) in [4.78, 5) is 32.9. The number of aliphatic hydroxyl groups is 1. The van der Waals surface area contributed by atoms with Crippen LogP contribution in [-0.2, 0) is 21.0 Å². The van der Waals surface area contributed by atoms with Crippen molar-refractivity contribution in [2.24, 2.45) is 5.92 Å². The van der Waals surface area contributed by atoms with E-state index < -0.39 is 11.9 Å². The van der Waals surface area contributed by atoms with E-state index in [4.69, 9.17) is 9.84 Å². The lowest BCUT2D eigenvalue weighted by Crippen LogP contribution is -3.17. The summed E-state index contributed by atoms with van der Waals surface area (Å²) in [6.07, 6.45) is 1.87. The standard InChI is InChI=1S/C26H37NO3.C4H4O4/c1-18(2)26(29)30-25-13-12-21(17-28)16-24(25)23(22-10-8-7-9-11-22)14-15-27(19(3)4)20(5)6;5-3(6)1-2-4(7)8/h7-13,16,18-20,23,28H,14-15,17H2,1-6H3;1-2H,(H,5,6)(H,7,8)/b;2-1+/t23-;/m1./s1. The van der Waals surface area contributed by atoms with Crippen molar-refractivity contribution in [1.29, 1.82) is 0 Å². The average Bonchev–Trinajstić information content (AvgIpc) is 2.86. The molecule has 3 N–H and O–H groups in total. The molecule has 0 aliphatic heterocycles. The molecule has 0 radical (unpaired) electrons. The van der Waals surface area contributed by atoms with Crippen molar-refractivity contribution in [3.8, 4) is 5.75 Å². The Hall–Kier alpha value is -3.49. The molecule has 0 bridgehead atoms. The minimum Gasteiger partial charge on any atom is -0.545 e. The van der Waals surface area contributed by atoms with E-state index in [2.05, 4.69) is 39.8 Å². The van der Waals surface area contributed by atoms with Crippen LogP contribution >= 0.6 is 0 Å². The zero-order valence-corrected chi connectivity index (χ0v) is 23.1. The number of hydrogen-bond acceptors (Lipinski definition) is 6. The predicted octanol–water partition coefficient (Wildman–Crippen LogP) is 2.34. The number of carbonyl (C=O) groups is 3. The molecule has 2 aromatic rings. The fourth-order valence-electron chi connectivity index (χ4n) is 4.17. The molecule has 1 atom stereocenters. The largest absolute Gasteiger partial charge is 0.545 e. The van der Waals surface area contributed by atoms with Gasteiger partial charge in [-0.15, -0.1) is 0 Å². The minimum atomic E-state index is -1.51. The third kappa shape index (κ3) is 11.3. The van der Waals surface area contributed by atoms with Crippen LogP contribution < -0.4 is 14.7 Å². The molecule has 0 aliphatic carbocycles. The van der Waals surface area contributed by atoms with Crippen LogP contribution in [0.4, 0.5) is 0 Å². The van der Waals surface area contributed by atoms with Gasteiger partial charge in [-0.2, -0.15) is 0 Å². The highest BCUT2D eigenvalue weighted by Gasteiger charge is 2.25. The molecule has 0 aromatic heterocycles. The summed E-state index contributed by atoms with van der Waals surface area (Å²) in [5, 5.41) is 27.0. The predicted molar refractivity (Wildman–Crippen MR) is 144 cm³/mol. The number of esters is 1. The van der Waals surface area contributed by atoms with E-state index >= 15 is 0 Å². The number of aliphatic carboxylic acids is 2. The van der Waals surface area contributed by atoms with Gasteiger partial charge in [-0.1, -0.05) is 50.2 Å². The third-order valence-corrected chi connectivity index (χ3v) is 6.08. The van der Waals surface area contributed by atoms with Crippen LogP contribution in [0.2, 0.25) is 0 Å². The minimum absolute atomic E-state index is 0.0394. The zero-order chi connectivity index (χ0) is 28.8. The summed E-state index contributed by atoms with van der Waals surface area (Å²) >= 11 is 0. The van der Waals surface area contributed by atoms with Gasteiger partial charge in [-0.05, 0) is 57.0 Å². The lowest BCUT2D eigenvalue weighted by molar-refractivity contribution is -0.942. The Balaban J connectivity index is 0.000000781. The van der Waals surface area contributed by atoms with Crippen molar-refractivity contribution in [3.63, 3.8) is 0 Å². The Bertz CT molecular complexity index is 1040. The van der Waals surface area contributed by atoms with Gasteiger partial charge in [0.25, 0.3) is 0 Å². The first kappa shape index (κ1) is 32.5. The lowest BCUT2D eigenvalue weighted by Gasteiger charge is -2.30. The first-order valence-electron chi connectivity index (χ1n) is 12.8. The molecule has 0 spiro atoms. The molecule has 0 amide bonds. The molecule has 208 valence electrons. The summed E-state index contributed by atoms with van der Waals surface area (Å²) in [6.45, 7) is 13.7. The van der Waals surface area contributed by atoms with Crippen LogP contribution in [0.1, 0.15) is 70.6 Å². The fourth-order valence-corrected chi connectivity index (χ4v) is 4.17. The fraction of sp³-hybridized carbons (Fsp3) is 0.433. The molecule has 0 heterocycles. The molecular formula is C30H41NO7. The molecule has 0 saturated carbocycles. The highest BCUT2D eigenvalue weighted by molar-refractivity contribution is 5.88. The Labute approximate surface area is 225 Å². The quantitative estimate of drug-likeness (QED) is 0.220. The van der Waals surface area contributed by atoms with Crippen LogP contribution in [0.15, 0.2) is 60.7 Å². The van der Waals surface area contributed by atoms with E-state index in [1.807, 2.05) is 50.2 Å². The Morgan fingerprint density at radius 1 is 0.947 bits per heavy atom. The number of carboxylic acids is 2. The van der Waals surface area contributed by atoms with E-state index in [0.717, 1.165) is 24.1 Å². The molecule has 0 saturated heterocycles. The molecule has 2 rings (SSSR count). The highest BCUT2D eigenvalue weighted by Crippen LogP contribution is 2.35. The molecule has 0 unspecified atom stereocenters. The normalized spacial score (nSPS) is 12.1. The van der Waals surface area contributed by atoms with Crippen molar-refractivity contribution in [2.45, 2.75) is 72.6 Å². The van der Waals surface area contributed by atoms with E-state index in [9.17, 15) is 24.6 Å². The summed E-state index contributed by atoms with van der Waals surface area (Å²) in [6, 6.07) is 17.1. The first-order valence-corrected chi connectivity index (χ1v) is 12.8. The van der Waals surface area contributed by atoms with Crippen LogP contribution in [0.5, 0.6) is 5.75 Å². The van der Waals surface area contributed by atoms with Gasteiger partial charge in [0.1, 0.15) is 5.75 Å². The van der Waals surface area contributed by atoms with Crippen molar-refractivity contribution in [1.82, 2.24) is 0 Å². The van der Waals surface area contributed by atoms with E-state index in [1.54, 1.807) is 4.90 Å². The number of hydrogen-bond donors (Lipinski definition) is 3. The summed E-state index contributed by atoms with van der Waals surface area (Å²) in [5.41, 5.74) is 2.99. The van der Waals surface area contributed by atoms with Gasteiger partial charge in [0.2, 0.25) is 0 Å². The highest BCUT2D eigenvalue weighted by atomic mass is 16.5. The molecule has 0 aliphatic rings. The monoisotopic (exact) mass is 527 g/mol. The molecule has 0 fully saturated rings. The van der Waals surface area contributed by atoms with Gasteiger partial charge in [0, 0.05) is 24.0 Å². The second-order valence-corrected chi connectivity index (χ2v) is 9.98. The maximum Gasteiger partial charge on any atom is 0.328 e. The van der Waals surface area contributed by atoms with E-state index in [1.165, 1.54) is 5.56 Å². The SMILES string of the molecule is CC(C)C(=O)Oc1ccc(CO)cc1[C@H](CC[NH+](C(C)C)C(C)C)c1ccccc1.O=C([O-])/C=C/C(=O)O. The second kappa shape index (κ2) is 16.4. The van der Waals surface area contributed by atoms with Gasteiger partial charge < -0.3 is 29.8 Å². The van der Waals surface area contributed by atoms with Gasteiger partial charge in [-0.25, -0.2) is 4.79 Å². The van der Waals surface area contributed by atoms with Crippen LogP contribution in [-0.4, -0.2) is 46.7 Å². The van der Waals surface area contributed by atoms with Crippen molar-refractivity contribution in [3.05, 3.63) is 77.4 Å². The van der Waals surface area contributed by atoms with Crippen LogP contribution in [0.3, 0.4) is 0 Å². The Kier molecular flexibility index (Phi) is 14.0. The number of aliphatic hydroxyl groups excluding tert-OH is 1. The molecule has 8 nitrogen and oxygen atoms in total. The summed E-state index contributed by atoms with van der Waals surface area (Å²) < 4.78 is 5.78. The van der Waals surface area contributed by atoms with E-state index in [0.29, 0.717) is 30.0 Å². The smallest absolute Gasteiger partial charge is 0.328 e. The number of carboxylic acid groups (broad SMARTS) is 2. The number of quaternary nitrogens is 1. The van der Waals surface area contributed by atoms with Crippen LogP contribution in [0, 0.1) is 5.92 Å². The Morgan fingerprint density at radius 3 is 2.00 bits per heavy atom. The summed E-state index contributed by atoms with van der Waals surface area (Å²) in [7, 11) is 0. The number of ether oxygens (including phenoxy) is 1. The van der Waals surface area contributed by atoms with Crippen molar-refractivity contribution in [2.75, 3.05) is 6.54 Å². The molecule has 2 aromatic carbocycles. The lowest BCUT2D eigenvalue weighted by atomic mass is 9.86. The maximum absolute atomic E-state index is 12.3. The van der Waals surface area contributed by atoms with Gasteiger partial charge in [0.15, 0.2) is 0 Å². The maximum atomic E-state index is 12.3. The topological polar surface area (TPSA) is 128 Å². The van der Waals surface area contributed by atoms with Crippen molar-refractivity contribution >= 4 is 17.9 Å². The third-order valence-electron chi connectivity index (χ3n) is 6.08. The van der Waals surface area contributed by atoms with Crippen molar-refractivity contribution < 1.29 is 39.3 Å². The first-order chi connectivity index (χ1) is 17.9. The zero-order valence-electron chi connectivity index (χ0n) is 23.1. The van der Waals surface area contributed by atoms with Gasteiger partial charge >= 0.3 is 11.9 Å². The molecule has 8 heteroatoms. The van der Waals surface area contributed by atoms with E-state index in [-0.39, 0.29) is 24.4 Å². The Morgan fingerprint density at radius 2 is 1.55 bits per heavy atom. The molecular weight excluding hydrogens is 486 g/mol. The number of rotatable bonds is 12. The number of carbonyl (C=O) groups excluding carboxylic acids is 2. The molecule has 38 heavy (non-hydrogen) atoms. The second-order valence-electron chi connectivity index (χ2n) is 9.98. The van der Waals surface area contributed by atoms with Gasteiger partial charge in [0.05, 0.1) is 37.1 Å². The number of nitrogens with one attached hydrogen (secondary N) is 1. The average molecular weight is 528 g/mol.